The average Bonchev–Trinajstić information content (AvgIpc) is 2.29. The van der Waals surface area contributed by atoms with E-state index in [1.807, 2.05) is 12.4 Å². The number of anilines is 2. The smallest absolute Gasteiger partial charge is 0.0792 e. The van der Waals surface area contributed by atoms with E-state index in [1.165, 1.54) is 22.9 Å². The van der Waals surface area contributed by atoms with Crippen molar-refractivity contribution in [3.05, 3.63) is 18.5 Å². The Kier molecular flexibility index (Phi) is 2.01. The van der Waals surface area contributed by atoms with Crippen LogP contribution in [-0.4, -0.2) is 35.6 Å². The number of thioether (sulfide) groups is 1. The van der Waals surface area contributed by atoms with E-state index < -0.39 is 0 Å². The summed E-state index contributed by atoms with van der Waals surface area (Å²) in [5.41, 5.74) is 2.52. The molecule has 74 valence electrons. The summed E-state index contributed by atoms with van der Waals surface area (Å²) in [5, 5.41) is 3.47. The minimum Gasteiger partial charge on any atom is -0.381 e. The highest BCUT2D eigenvalue weighted by Crippen LogP contribution is 2.33. The summed E-state index contributed by atoms with van der Waals surface area (Å²) < 4.78 is 0. The fraction of sp³-hybridized carbons (Fsp3) is 0.500. The molecule has 1 unspecified atom stereocenters. The molecule has 1 saturated heterocycles. The molecule has 2 aliphatic heterocycles. The summed E-state index contributed by atoms with van der Waals surface area (Å²) >= 11 is 2.05. The zero-order chi connectivity index (χ0) is 9.38. The number of fused-ring (bicyclic) bond motifs is 3. The van der Waals surface area contributed by atoms with Crippen LogP contribution in [0.5, 0.6) is 0 Å². The van der Waals surface area contributed by atoms with Gasteiger partial charge in [-0.3, -0.25) is 4.98 Å². The molecule has 1 aromatic heterocycles. The molecule has 0 aromatic carbocycles. The van der Waals surface area contributed by atoms with Crippen LogP contribution in [0.15, 0.2) is 18.5 Å². The molecule has 2 aliphatic rings. The van der Waals surface area contributed by atoms with E-state index in [-0.39, 0.29) is 0 Å². The van der Waals surface area contributed by atoms with Gasteiger partial charge in [-0.25, -0.2) is 0 Å². The molecule has 1 atom stereocenters. The highest BCUT2D eigenvalue weighted by molar-refractivity contribution is 7.99. The molecular formula is C10H13N3S. The van der Waals surface area contributed by atoms with Gasteiger partial charge in [-0.1, -0.05) is 0 Å². The van der Waals surface area contributed by atoms with Crippen molar-refractivity contribution < 1.29 is 0 Å². The molecule has 0 spiro atoms. The Morgan fingerprint density at radius 3 is 3.57 bits per heavy atom. The minimum atomic E-state index is 0.658. The third-order valence-corrected chi connectivity index (χ3v) is 3.96. The monoisotopic (exact) mass is 207 g/mol. The first kappa shape index (κ1) is 8.41. The number of aromatic nitrogens is 1. The summed E-state index contributed by atoms with van der Waals surface area (Å²) in [7, 11) is 0. The first-order valence-corrected chi connectivity index (χ1v) is 6.13. The van der Waals surface area contributed by atoms with Crippen LogP contribution >= 0.6 is 11.8 Å². The van der Waals surface area contributed by atoms with Gasteiger partial charge in [-0.2, -0.15) is 11.8 Å². The zero-order valence-corrected chi connectivity index (χ0v) is 8.76. The molecule has 1 N–H and O–H groups in total. The van der Waals surface area contributed by atoms with Gasteiger partial charge >= 0.3 is 0 Å². The Hall–Kier alpha value is -0.900. The minimum absolute atomic E-state index is 0.658. The second-order valence-corrected chi connectivity index (χ2v) is 4.85. The van der Waals surface area contributed by atoms with Gasteiger partial charge < -0.3 is 10.2 Å². The summed E-state index contributed by atoms with van der Waals surface area (Å²) in [4.78, 5) is 6.70. The molecule has 0 radical (unpaired) electrons. The zero-order valence-electron chi connectivity index (χ0n) is 7.94. The normalized spacial score (nSPS) is 24.9. The highest BCUT2D eigenvalue weighted by Gasteiger charge is 2.28. The number of nitrogens with one attached hydrogen (secondary N) is 1. The molecule has 0 aliphatic carbocycles. The van der Waals surface area contributed by atoms with E-state index in [2.05, 4.69) is 33.0 Å². The fourth-order valence-electron chi connectivity index (χ4n) is 2.13. The van der Waals surface area contributed by atoms with Crippen LogP contribution in [-0.2, 0) is 0 Å². The third kappa shape index (κ3) is 1.25. The predicted molar refractivity (Wildman–Crippen MR) is 61.2 cm³/mol. The van der Waals surface area contributed by atoms with Crippen molar-refractivity contribution in [3.63, 3.8) is 0 Å². The van der Waals surface area contributed by atoms with Gasteiger partial charge in [0.05, 0.1) is 23.6 Å². The molecule has 14 heavy (non-hydrogen) atoms. The van der Waals surface area contributed by atoms with Crippen LogP contribution in [0.25, 0.3) is 0 Å². The van der Waals surface area contributed by atoms with Gasteiger partial charge in [0.1, 0.15) is 0 Å². The summed E-state index contributed by atoms with van der Waals surface area (Å²) in [5.74, 6) is 2.48. The highest BCUT2D eigenvalue weighted by atomic mass is 32.2. The van der Waals surface area contributed by atoms with Gasteiger partial charge in [0.25, 0.3) is 0 Å². The van der Waals surface area contributed by atoms with Gasteiger partial charge in [0.2, 0.25) is 0 Å². The Bertz CT molecular complexity index is 342. The van der Waals surface area contributed by atoms with Crippen molar-refractivity contribution in [2.24, 2.45) is 0 Å². The molecule has 3 heterocycles. The Balaban J connectivity index is 1.99. The van der Waals surface area contributed by atoms with E-state index >= 15 is 0 Å². The van der Waals surface area contributed by atoms with Crippen LogP contribution in [0.4, 0.5) is 11.4 Å². The van der Waals surface area contributed by atoms with Crippen LogP contribution in [0.2, 0.25) is 0 Å². The molecule has 3 rings (SSSR count). The van der Waals surface area contributed by atoms with Gasteiger partial charge in [0, 0.05) is 30.8 Å². The number of hydrogen-bond acceptors (Lipinski definition) is 4. The fourth-order valence-corrected chi connectivity index (χ4v) is 3.20. The Morgan fingerprint density at radius 2 is 2.57 bits per heavy atom. The number of pyridine rings is 1. The number of hydrogen-bond donors (Lipinski definition) is 1. The van der Waals surface area contributed by atoms with Crippen LogP contribution < -0.4 is 10.2 Å². The maximum absolute atomic E-state index is 4.20. The van der Waals surface area contributed by atoms with Crippen molar-refractivity contribution in [1.29, 1.82) is 0 Å². The topological polar surface area (TPSA) is 28.2 Å². The van der Waals surface area contributed by atoms with Gasteiger partial charge in [-0.05, 0) is 6.07 Å². The van der Waals surface area contributed by atoms with Gasteiger partial charge in [0.15, 0.2) is 0 Å². The molecule has 3 nitrogen and oxygen atoms in total. The quantitative estimate of drug-likeness (QED) is 0.696. The standard InChI is InChI=1S/C10H13N3S/c1-2-11-6-10-9(1)12-5-8-7-14-4-3-13(8)10/h1-2,6,8,12H,3-5,7H2. The summed E-state index contributed by atoms with van der Waals surface area (Å²) in [6, 6.07) is 2.72. The van der Waals surface area contributed by atoms with Crippen molar-refractivity contribution in [2.75, 3.05) is 34.8 Å². The van der Waals surface area contributed by atoms with Crippen molar-refractivity contribution in [3.8, 4) is 0 Å². The van der Waals surface area contributed by atoms with Crippen LogP contribution in [0.3, 0.4) is 0 Å². The SMILES string of the molecule is c1cc2c(cn1)N1CCSCC1CN2. The second-order valence-electron chi connectivity index (χ2n) is 3.70. The van der Waals surface area contributed by atoms with Gasteiger partial charge in [-0.15, -0.1) is 0 Å². The molecule has 0 amide bonds. The summed E-state index contributed by atoms with van der Waals surface area (Å²) in [6.07, 6.45) is 3.83. The molecular weight excluding hydrogens is 194 g/mol. The van der Waals surface area contributed by atoms with E-state index in [1.54, 1.807) is 0 Å². The van der Waals surface area contributed by atoms with E-state index in [9.17, 15) is 0 Å². The molecule has 0 saturated carbocycles. The first-order valence-electron chi connectivity index (χ1n) is 4.97. The number of rotatable bonds is 0. The van der Waals surface area contributed by atoms with Crippen LogP contribution in [0, 0.1) is 0 Å². The Labute approximate surface area is 87.9 Å². The van der Waals surface area contributed by atoms with E-state index in [4.69, 9.17) is 0 Å². The van der Waals surface area contributed by atoms with E-state index in [0.717, 1.165) is 13.1 Å². The van der Waals surface area contributed by atoms with E-state index in [0.29, 0.717) is 6.04 Å². The molecule has 0 bridgehead atoms. The molecule has 4 heteroatoms. The maximum Gasteiger partial charge on any atom is 0.0792 e. The lowest BCUT2D eigenvalue weighted by molar-refractivity contribution is 0.655. The average molecular weight is 207 g/mol. The maximum atomic E-state index is 4.20. The molecule has 1 fully saturated rings. The largest absolute Gasteiger partial charge is 0.381 e. The number of nitrogens with zero attached hydrogens (tertiary/aromatic N) is 2. The lowest BCUT2D eigenvalue weighted by atomic mass is 10.1. The van der Waals surface area contributed by atoms with Crippen molar-refractivity contribution >= 4 is 23.1 Å². The predicted octanol–water partition coefficient (Wildman–Crippen LogP) is 1.43. The van der Waals surface area contributed by atoms with Crippen molar-refractivity contribution in [1.82, 2.24) is 4.98 Å². The lowest BCUT2D eigenvalue weighted by Gasteiger charge is -2.41. The second kappa shape index (κ2) is 3.35. The third-order valence-electron chi connectivity index (χ3n) is 2.87. The lowest BCUT2D eigenvalue weighted by Crippen LogP contribution is -2.49. The first-order chi connectivity index (χ1) is 6.95. The van der Waals surface area contributed by atoms with Crippen LogP contribution in [0.1, 0.15) is 0 Å². The van der Waals surface area contributed by atoms with Crippen molar-refractivity contribution in [2.45, 2.75) is 6.04 Å². The Morgan fingerprint density at radius 1 is 1.57 bits per heavy atom. The summed E-state index contributed by atoms with van der Waals surface area (Å²) in [6.45, 7) is 2.24. The molecule has 1 aromatic rings.